The van der Waals surface area contributed by atoms with E-state index in [4.69, 9.17) is 0 Å². The Kier molecular flexibility index (Phi) is 2.76. The van der Waals surface area contributed by atoms with Crippen molar-refractivity contribution < 1.29 is 4.39 Å². The molecule has 0 bridgehead atoms. The molecule has 0 amide bonds. The van der Waals surface area contributed by atoms with E-state index in [2.05, 4.69) is 15.5 Å². The molecule has 1 aliphatic heterocycles. The number of nitrogens with zero attached hydrogens (tertiary/aromatic N) is 2. The minimum Gasteiger partial charge on any atom is -0.302 e. The third-order valence-electron chi connectivity index (χ3n) is 2.96. The fourth-order valence-corrected chi connectivity index (χ4v) is 2.05. The summed E-state index contributed by atoms with van der Waals surface area (Å²) in [6.07, 6.45) is 2.47. The van der Waals surface area contributed by atoms with Gasteiger partial charge in [-0.05, 0) is 29.8 Å². The van der Waals surface area contributed by atoms with Crippen LogP contribution in [0.1, 0.15) is 23.7 Å². The Morgan fingerprint density at radius 3 is 2.89 bits per heavy atom. The van der Waals surface area contributed by atoms with Crippen LogP contribution in [-0.4, -0.2) is 10.7 Å². The van der Waals surface area contributed by atoms with Crippen molar-refractivity contribution in [3.63, 3.8) is 0 Å². The molecular formula is C14H12FN3. The fourth-order valence-electron chi connectivity index (χ4n) is 2.05. The lowest BCUT2D eigenvalue weighted by Gasteiger charge is -2.09. The maximum atomic E-state index is 13.2. The number of hydrazone groups is 1. The molecule has 1 unspecified atom stereocenters. The first-order valence-corrected chi connectivity index (χ1v) is 5.82. The van der Waals surface area contributed by atoms with E-state index < -0.39 is 0 Å². The Hall–Kier alpha value is -2.23. The van der Waals surface area contributed by atoms with Crippen LogP contribution in [0.25, 0.3) is 0 Å². The van der Waals surface area contributed by atoms with Gasteiger partial charge in [0, 0.05) is 12.6 Å². The van der Waals surface area contributed by atoms with Crippen molar-refractivity contribution in [2.24, 2.45) is 5.10 Å². The molecule has 1 aromatic carbocycles. The minimum atomic E-state index is -0.222. The van der Waals surface area contributed by atoms with Gasteiger partial charge in [0.2, 0.25) is 0 Å². The number of hydrogen-bond acceptors (Lipinski definition) is 3. The van der Waals surface area contributed by atoms with E-state index in [9.17, 15) is 4.39 Å². The molecule has 0 saturated heterocycles. The van der Waals surface area contributed by atoms with Gasteiger partial charge in [-0.1, -0.05) is 18.2 Å². The molecule has 4 heteroatoms. The Labute approximate surface area is 104 Å². The Morgan fingerprint density at radius 2 is 2.11 bits per heavy atom. The fraction of sp³-hybridized carbons (Fsp3) is 0.143. The first-order valence-electron chi connectivity index (χ1n) is 5.82. The second kappa shape index (κ2) is 4.56. The van der Waals surface area contributed by atoms with Gasteiger partial charge in [-0.15, -0.1) is 0 Å². The molecule has 0 radical (unpaired) electrons. The molecule has 0 saturated carbocycles. The van der Waals surface area contributed by atoms with Crippen molar-refractivity contribution in [3.8, 4) is 0 Å². The molecule has 0 aliphatic carbocycles. The summed E-state index contributed by atoms with van der Waals surface area (Å²) in [5.41, 5.74) is 5.71. The Balaban J connectivity index is 1.79. The number of hydrogen-bond donors (Lipinski definition) is 1. The maximum absolute atomic E-state index is 13.2. The molecule has 90 valence electrons. The largest absolute Gasteiger partial charge is 0.302 e. The number of pyridine rings is 1. The summed E-state index contributed by atoms with van der Waals surface area (Å²) in [4.78, 5) is 4.26. The number of halogens is 1. The predicted molar refractivity (Wildman–Crippen MR) is 67.7 cm³/mol. The lowest BCUT2D eigenvalue weighted by molar-refractivity contribution is 0.596. The molecule has 1 aliphatic rings. The van der Waals surface area contributed by atoms with E-state index >= 15 is 0 Å². The summed E-state index contributed by atoms with van der Waals surface area (Å²) in [7, 11) is 0. The van der Waals surface area contributed by atoms with E-state index in [-0.39, 0.29) is 11.9 Å². The van der Waals surface area contributed by atoms with E-state index in [1.165, 1.54) is 12.1 Å². The van der Waals surface area contributed by atoms with E-state index in [1.54, 1.807) is 12.3 Å². The topological polar surface area (TPSA) is 37.3 Å². The highest BCUT2D eigenvalue weighted by Crippen LogP contribution is 2.24. The van der Waals surface area contributed by atoms with Gasteiger partial charge in [0.15, 0.2) is 0 Å². The molecule has 1 N–H and O–H groups in total. The van der Waals surface area contributed by atoms with Crippen molar-refractivity contribution >= 4 is 5.71 Å². The highest BCUT2D eigenvalue weighted by molar-refractivity contribution is 6.00. The molecule has 1 aromatic heterocycles. The smallest absolute Gasteiger partial charge is 0.123 e. The summed E-state index contributed by atoms with van der Waals surface area (Å²) in [6, 6.07) is 12.3. The molecule has 2 heterocycles. The van der Waals surface area contributed by atoms with Gasteiger partial charge in [-0.2, -0.15) is 5.10 Å². The lowest BCUT2D eigenvalue weighted by atomic mass is 10.0. The first kappa shape index (κ1) is 10.9. The first-order chi connectivity index (χ1) is 8.83. The predicted octanol–water partition coefficient (Wildman–Crippen LogP) is 2.66. The van der Waals surface area contributed by atoms with Gasteiger partial charge in [-0.25, -0.2) is 4.39 Å². The molecule has 0 fully saturated rings. The lowest BCUT2D eigenvalue weighted by Crippen LogP contribution is -2.10. The van der Waals surface area contributed by atoms with Crippen LogP contribution in [0.5, 0.6) is 0 Å². The highest BCUT2D eigenvalue weighted by Gasteiger charge is 2.21. The second-order valence-electron chi connectivity index (χ2n) is 4.21. The molecule has 3 rings (SSSR count). The van der Waals surface area contributed by atoms with Crippen LogP contribution in [0, 0.1) is 5.82 Å². The molecular weight excluding hydrogens is 229 g/mol. The molecule has 3 nitrogen and oxygen atoms in total. The van der Waals surface area contributed by atoms with Gasteiger partial charge in [0.05, 0.1) is 17.4 Å². The standard InChI is InChI=1S/C14H12FN3/c15-11-5-3-4-10(8-11)13-9-14(18-17-13)12-6-1-2-7-16-12/h1-8,13,17H,9H2. The number of rotatable bonds is 2. The minimum absolute atomic E-state index is 0.0257. The summed E-state index contributed by atoms with van der Waals surface area (Å²) in [6.45, 7) is 0. The zero-order chi connectivity index (χ0) is 12.4. The summed E-state index contributed by atoms with van der Waals surface area (Å²) in [5.74, 6) is -0.222. The zero-order valence-corrected chi connectivity index (χ0v) is 9.68. The van der Waals surface area contributed by atoms with Crippen LogP contribution in [0.3, 0.4) is 0 Å². The summed E-state index contributed by atoms with van der Waals surface area (Å²) >= 11 is 0. The number of benzene rings is 1. The normalized spacial score (nSPS) is 18.3. The third kappa shape index (κ3) is 2.09. The van der Waals surface area contributed by atoms with Crippen molar-refractivity contribution in [2.45, 2.75) is 12.5 Å². The monoisotopic (exact) mass is 241 g/mol. The van der Waals surface area contributed by atoms with Crippen molar-refractivity contribution in [1.29, 1.82) is 0 Å². The van der Waals surface area contributed by atoms with Gasteiger partial charge in [-0.3, -0.25) is 4.98 Å². The van der Waals surface area contributed by atoms with Gasteiger partial charge in [0.1, 0.15) is 5.82 Å². The average Bonchev–Trinajstić information content (AvgIpc) is 2.89. The van der Waals surface area contributed by atoms with Crippen LogP contribution < -0.4 is 5.43 Å². The average molecular weight is 241 g/mol. The van der Waals surface area contributed by atoms with Crippen molar-refractivity contribution in [1.82, 2.24) is 10.4 Å². The van der Waals surface area contributed by atoms with Crippen LogP contribution in [0.15, 0.2) is 53.8 Å². The zero-order valence-electron chi connectivity index (χ0n) is 9.68. The molecule has 1 atom stereocenters. The molecule has 0 spiro atoms. The maximum Gasteiger partial charge on any atom is 0.123 e. The van der Waals surface area contributed by atoms with E-state index in [0.717, 1.165) is 23.4 Å². The van der Waals surface area contributed by atoms with Crippen molar-refractivity contribution in [3.05, 3.63) is 65.7 Å². The molecule has 2 aromatic rings. The summed E-state index contributed by atoms with van der Waals surface area (Å²) < 4.78 is 13.2. The quantitative estimate of drug-likeness (QED) is 0.877. The van der Waals surface area contributed by atoms with Crippen LogP contribution in [0.4, 0.5) is 4.39 Å². The van der Waals surface area contributed by atoms with Crippen molar-refractivity contribution in [2.75, 3.05) is 0 Å². The van der Waals surface area contributed by atoms with Gasteiger partial charge < -0.3 is 5.43 Å². The van der Waals surface area contributed by atoms with Crippen LogP contribution in [0.2, 0.25) is 0 Å². The Morgan fingerprint density at radius 1 is 1.17 bits per heavy atom. The number of aromatic nitrogens is 1. The highest BCUT2D eigenvalue weighted by atomic mass is 19.1. The Bertz CT molecular complexity index is 581. The molecule has 18 heavy (non-hydrogen) atoms. The van der Waals surface area contributed by atoms with Crippen LogP contribution in [-0.2, 0) is 0 Å². The van der Waals surface area contributed by atoms with E-state index in [0.29, 0.717) is 0 Å². The van der Waals surface area contributed by atoms with Gasteiger partial charge in [0.25, 0.3) is 0 Å². The summed E-state index contributed by atoms with van der Waals surface area (Å²) in [5, 5.41) is 4.28. The third-order valence-corrected chi connectivity index (χ3v) is 2.96. The van der Waals surface area contributed by atoms with Gasteiger partial charge >= 0.3 is 0 Å². The SMILES string of the molecule is Fc1cccc(C2CC(c3ccccn3)=NN2)c1. The van der Waals surface area contributed by atoms with E-state index in [1.807, 2.05) is 24.3 Å². The van der Waals surface area contributed by atoms with Crippen LogP contribution >= 0.6 is 0 Å². The second-order valence-corrected chi connectivity index (χ2v) is 4.21. The number of nitrogens with one attached hydrogen (secondary N) is 1.